The molecular weight excluding hydrogens is 242 g/mol. The summed E-state index contributed by atoms with van der Waals surface area (Å²) in [6.45, 7) is 6.81. The highest BCUT2D eigenvalue weighted by atomic mass is 32.1. The van der Waals surface area contributed by atoms with E-state index in [2.05, 4.69) is 14.7 Å². The molecule has 6 nitrogen and oxygen atoms in total. The van der Waals surface area contributed by atoms with Crippen LogP contribution in [0, 0.1) is 18.3 Å². The number of hydrogen-bond donors (Lipinski definition) is 2. The van der Waals surface area contributed by atoms with Crippen LogP contribution >= 0.6 is 11.5 Å². The Morgan fingerprint density at radius 2 is 2.00 bits per heavy atom. The second-order valence-corrected chi connectivity index (χ2v) is 5.53. The Hall–Kier alpha value is -1.50. The molecule has 0 radical (unpaired) electrons. The molecule has 0 aliphatic carbocycles. The number of hydrogen-bond acceptors (Lipinski definition) is 5. The molecule has 0 aliphatic rings. The monoisotopic (exact) mass is 257 g/mol. The van der Waals surface area contributed by atoms with Gasteiger partial charge >= 0.3 is 5.97 Å². The normalized spacial score (nSPS) is 13.2. The van der Waals surface area contributed by atoms with Crippen LogP contribution in [0.4, 0.5) is 5.13 Å². The van der Waals surface area contributed by atoms with E-state index < -0.39 is 23.2 Å². The fourth-order valence-electron chi connectivity index (χ4n) is 1.40. The average molecular weight is 257 g/mol. The third-order valence-corrected chi connectivity index (χ3v) is 2.85. The number of carboxylic acid groups (broad SMARTS) is 1. The molecule has 1 aromatic rings. The lowest BCUT2D eigenvalue weighted by atomic mass is 9.80. The minimum Gasteiger partial charge on any atom is -0.481 e. The van der Waals surface area contributed by atoms with E-state index in [1.807, 2.05) is 0 Å². The van der Waals surface area contributed by atoms with Crippen LogP contribution in [0.1, 0.15) is 26.6 Å². The Morgan fingerprint density at radius 1 is 1.41 bits per heavy atom. The van der Waals surface area contributed by atoms with Crippen LogP contribution in [-0.4, -0.2) is 26.3 Å². The van der Waals surface area contributed by atoms with Gasteiger partial charge in [0.25, 0.3) is 0 Å². The van der Waals surface area contributed by atoms with Crippen molar-refractivity contribution < 1.29 is 14.7 Å². The van der Waals surface area contributed by atoms with Crippen LogP contribution < -0.4 is 5.32 Å². The van der Waals surface area contributed by atoms with Gasteiger partial charge in [-0.05, 0) is 12.3 Å². The number of aryl methyl sites for hydroxylation is 1. The molecular formula is C10H15N3O3S. The number of carbonyl (C=O) groups excluding carboxylic acids is 1. The molecule has 0 saturated heterocycles. The highest BCUT2D eigenvalue weighted by Crippen LogP contribution is 2.27. The molecule has 0 fully saturated rings. The van der Waals surface area contributed by atoms with Gasteiger partial charge in [-0.1, -0.05) is 20.8 Å². The van der Waals surface area contributed by atoms with E-state index in [-0.39, 0.29) is 0 Å². The molecule has 0 saturated carbocycles. The molecule has 0 spiro atoms. The number of nitrogens with zero attached hydrogens (tertiary/aromatic N) is 2. The SMILES string of the molecule is Cc1nsc(NC(=O)C(C(=O)O)C(C)(C)C)n1. The van der Waals surface area contributed by atoms with Crippen molar-refractivity contribution in [3.05, 3.63) is 5.82 Å². The van der Waals surface area contributed by atoms with Crippen LogP contribution in [0.15, 0.2) is 0 Å². The average Bonchev–Trinajstić information content (AvgIpc) is 2.46. The van der Waals surface area contributed by atoms with Crippen molar-refractivity contribution in [3.8, 4) is 0 Å². The van der Waals surface area contributed by atoms with Gasteiger partial charge in [0.15, 0.2) is 0 Å². The number of carboxylic acids is 1. The minimum atomic E-state index is -1.14. The maximum Gasteiger partial charge on any atom is 0.316 e. The van der Waals surface area contributed by atoms with Gasteiger partial charge in [0, 0.05) is 11.5 Å². The minimum absolute atomic E-state index is 0.322. The number of carbonyl (C=O) groups is 2. The van der Waals surface area contributed by atoms with E-state index in [0.717, 1.165) is 11.5 Å². The van der Waals surface area contributed by atoms with Crippen LogP contribution in [0.25, 0.3) is 0 Å². The molecule has 0 aliphatic heterocycles. The lowest BCUT2D eigenvalue weighted by Gasteiger charge is -2.25. The van der Waals surface area contributed by atoms with Crippen molar-refractivity contribution >= 4 is 28.5 Å². The summed E-state index contributed by atoms with van der Waals surface area (Å²) in [5.41, 5.74) is -0.657. The highest BCUT2D eigenvalue weighted by Gasteiger charge is 2.38. The number of rotatable bonds is 3. The Kier molecular flexibility index (Phi) is 3.82. The van der Waals surface area contributed by atoms with Gasteiger partial charge in [0.2, 0.25) is 11.0 Å². The van der Waals surface area contributed by atoms with Crippen LogP contribution in [-0.2, 0) is 9.59 Å². The zero-order valence-electron chi connectivity index (χ0n) is 10.1. The van der Waals surface area contributed by atoms with Gasteiger partial charge in [-0.15, -0.1) is 0 Å². The maximum atomic E-state index is 11.9. The molecule has 1 rings (SSSR count). The van der Waals surface area contributed by atoms with Crippen molar-refractivity contribution in [1.82, 2.24) is 9.36 Å². The van der Waals surface area contributed by atoms with Gasteiger partial charge in [0.1, 0.15) is 11.7 Å². The molecule has 1 atom stereocenters. The summed E-state index contributed by atoms with van der Waals surface area (Å²) in [5, 5.41) is 11.9. The Labute approximate surface area is 103 Å². The van der Waals surface area contributed by atoms with E-state index in [4.69, 9.17) is 5.11 Å². The van der Waals surface area contributed by atoms with Crippen molar-refractivity contribution in [2.75, 3.05) is 5.32 Å². The first-order valence-corrected chi connectivity index (χ1v) is 5.83. The molecule has 1 aromatic heterocycles. The second-order valence-electron chi connectivity index (χ2n) is 4.77. The first kappa shape index (κ1) is 13.6. The van der Waals surface area contributed by atoms with E-state index >= 15 is 0 Å². The fourth-order valence-corrected chi connectivity index (χ4v) is 1.98. The molecule has 0 bridgehead atoms. The number of nitrogens with one attached hydrogen (secondary N) is 1. The number of aromatic nitrogens is 2. The summed E-state index contributed by atoms with van der Waals surface area (Å²) in [4.78, 5) is 26.9. The van der Waals surface area contributed by atoms with E-state index in [9.17, 15) is 9.59 Å². The second kappa shape index (κ2) is 4.79. The molecule has 1 heterocycles. The van der Waals surface area contributed by atoms with Crippen LogP contribution in [0.5, 0.6) is 0 Å². The van der Waals surface area contributed by atoms with Gasteiger partial charge in [0.05, 0.1) is 0 Å². The maximum absolute atomic E-state index is 11.9. The smallest absolute Gasteiger partial charge is 0.316 e. The molecule has 1 unspecified atom stereocenters. The molecule has 94 valence electrons. The molecule has 0 aromatic carbocycles. The zero-order valence-corrected chi connectivity index (χ0v) is 11.0. The third-order valence-electron chi connectivity index (χ3n) is 2.13. The third kappa shape index (κ3) is 3.48. The number of anilines is 1. The molecule has 7 heteroatoms. The van der Waals surface area contributed by atoms with E-state index in [0.29, 0.717) is 11.0 Å². The number of aliphatic carboxylic acids is 1. The Bertz CT molecular complexity index is 436. The van der Waals surface area contributed by atoms with Crippen LogP contribution in [0.3, 0.4) is 0 Å². The zero-order chi connectivity index (χ0) is 13.2. The van der Waals surface area contributed by atoms with Gasteiger partial charge in [-0.3, -0.25) is 14.9 Å². The summed E-state index contributed by atoms with van der Waals surface area (Å²) in [6, 6.07) is 0. The fraction of sp³-hybridized carbons (Fsp3) is 0.600. The highest BCUT2D eigenvalue weighted by molar-refractivity contribution is 7.09. The van der Waals surface area contributed by atoms with Crippen molar-refractivity contribution in [2.24, 2.45) is 11.3 Å². The summed E-state index contributed by atoms with van der Waals surface area (Å²) in [7, 11) is 0. The first-order chi connectivity index (χ1) is 7.71. The van der Waals surface area contributed by atoms with Crippen molar-refractivity contribution in [3.63, 3.8) is 0 Å². The summed E-state index contributed by atoms with van der Waals surface area (Å²) >= 11 is 1.03. The predicted octanol–water partition coefficient (Wildman–Crippen LogP) is 1.53. The topological polar surface area (TPSA) is 92.2 Å². The van der Waals surface area contributed by atoms with E-state index in [1.165, 1.54) is 0 Å². The summed E-state index contributed by atoms with van der Waals surface area (Å²) < 4.78 is 3.90. The van der Waals surface area contributed by atoms with Crippen LogP contribution in [0.2, 0.25) is 0 Å². The Balaban J connectivity index is 2.84. The number of amides is 1. The quantitative estimate of drug-likeness (QED) is 0.801. The molecule has 2 N–H and O–H groups in total. The van der Waals surface area contributed by atoms with E-state index in [1.54, 1.807) is 27.7 Å². The standard InChI is InChI=1S/C10H15N3O3S/c1-5-11-9(17-13-5)12-7(14)6(8(15)16)10(2,3)4/h6H,1-4H3,(H,15,16)(H,11,12,13,14). The lowest BCUT2D eigenvalue weighted by molar-refractivity contribution is -0.149. The lowest BCUT2D eigenvalue weighted by Crippen LogP contribution is -2.39. The van der Waals surface area contributed by atoms with Gasteiger partial charge in [-0.25, -0.2) is 4.98 Å². The van der Waals surface area contributed by atoms with Crippen molar-refractivity contribution in [1.29, 1.82) is 0 Å². The molecule has 17 heavy (non-hydrogen) atoms. The predicted molar refractivity (Wildman–Crippen MR) is 63.9 cm³/mol. The summed E-state index contributed by atoms with van der Waals surface area (Å²) in [6.07, 6.45) is 0. The van der Waals surface area contributed by atoms with Gasteiger partial charge < -0.3 is 5.11 Å². The summed E-state index contributed by atoms with van der Waals surface area (Å²) in [5.74, 6) is -2.28. The van der Waals surface area contributed by atoms with Gasteiger partial charge in [-0.2, -0.15) is 4.37 Å². The first-order valence-electron chi connectivity index (χ1n) is 5.06. The Morgan fingerprint density at radius 3 is 2.35 bits per heavy atom. The molecule has 1 amide bonds. The van der Waals surface area contributed by atoms with Crippen molar-refractivity contribution in [2.45, 2.75) is 27.7 Å². The largest absolute Gasteiger partial charge is 0.481 e.